The van der Waals surface area contributed by atoms with E-state index in [-0.39, 0.29) is 0 Å². The third-order valence-corrected chi connectivity index (χ3v) is 3.77. The van der Waals surface area contributed by atoms with Crippen molar-refractivity contribution in [2.75, 3.05) is 0 Å². The Morgan fingerprint density at radius 1 is 1.21 bits per heavy atom. The fourth-order valence-electron chi connectivity index (χ4n) is 0.976. The van der Waals surface area contributed by atoms with Gasteiger partial charge in [0.1, 0.15) is 5.01 Å². The molecule has 2 rings (SSSR count). The largest absolute Gasteiger partial charge is 0.183 e. The lowest BCUT2D eigenvalue weighted by Crippen LogP contribution is -1.78. The average Bonchev–Trinajstić information content (AvgIpc) is 2.56. The quantitative estimate of drug-likeness (QED) is 0.759. The molecule has 0 spiro atoms. The zero-order chi connectivity index (χ0) is 10.1. The van der Waals surface area contributed by atoms with Gasteiger partial charge in [0, 0.05) is 10.0 Å². The molecule has 14 heavy (non-hydrogen) atoms. The summed E-state index contributed by atoms with van der Waals surface area (Å²) in [6, 6.07) is 5.65. The Kier molecular flexibility index (Phi) is 3.21. The number of rotatable bonds is 1. The summed E-state index contributed by atoms with van der Waals surface area (Å²) in [6.45, 7) is 0. The van der Waals surface area contributed by atoms with Crippen LogP contribution >= 0.6 is 54.8 Å². The van der Waals surface area contributed by atoms with Crippen LogP contribution in [-0.4, -0.2) is 10.2 Å². The number of hydrogen-bond acceptors (Lipinski definition) is 3. The van der Waals surface area contributed by atoms with Gasteiger partial charge in [0.05, 0.1) is 5.02 Å². The molecule has 2 nitrogen and oxygen atoms in total. The third-order valence-electron chi connectivity index (χ3n) is 1.56. The smallest absolute Gasteiger partial charge is 0.137 e. The van der Waals surface area contributed by atoms with Gasteiger partial charge in [-0.15, -0.1) is 10.2 Å². The summed E-state index contributed by atoms with van der Waals surface area (Å²) in [5.74, 6) is 0. The Bertz CT molecular complexity index is 472. The van der Waals surface area contributed by atoms with Crippen LogP contribution in [0.3, 0.4) is 0 Å². The van der Waals surface area contributed by atoms with E-state index in [4.69, 9.17) is 11.6 Å². The second-order valence-corrected chi connectivity index (χ2v) is 6.06. The molecule has 0 unspecified atom stereocenters. The predicted molar refractivity (Wildman–Crippen MR) is 65.8 cm³/mol. The maximum Gasteiger partial charge on any atom is 0.183 e. The average molecular weight is 354 g/mol. The van der Waals surface area contributed by atoms with Crippen molar-refractivity contribution < 1.29 is 0 Å². The van der Waals surface area contributed by atoms with Gasteiger partial charge in [0.25, 0.3) is 0 Å². The Hall–Kier alpha value is 0.0300. The number of halogens is 3. The van der Waals surface area contributed by atoms with Crippen molar-refractivity contribution in [2.24, 2.45) is 0 Å². The topological polar surface area (TPSA) is 25.8 Å². The highest BCUT2D eigenvalue weighted by Crippen LogP contribution is 2.33. The van der Waals surface area contributed by atoms with Gasteiger partial charge in [-0.2, -0.15) is 0 Å². The van der Waals surface area contributed by atoms with E-state index in [9.17, 15) is 0 Å². The van der Waals surface area contributed by atoms with Crippen LogP contribution in [0.1, 0.15) is 0 Å². The van der Waals surface area contributed by atoms with Gasteiger partial charge in [-0.05, 0) is 34.1 Å². The molecule has 1 aromatic heterocycles. The lowest BCUT2D eigenvalue weighted by Gasteiger charge is -1.99. The Balaban J connectivity index is 2.55. The van der Waals surface area contributed by atoms with E-state index in [1.54, 1.807) is 0 Å². The van der Waals surface area contributed by atoms with Crippen LogP contribution in [-0.2, 0) is 0 Å². The summed E-state index contributed by atoms with van der Waals surface area (Å²) >= 11 is 14.1. The van der Waals surface area contributed by atoms with E-state index in [2.05, 4.69) is 42.1 Å². The number of benzene rings is 1. The Labute approximate surface area is 107 Å². The molecular weight excluding hydrogens is 351 g/mol. The second kappa shape index (κ2) is 4.26. The van der Waals surface area contributed by atoms with Crippen LogP contribution in [0, 0.1) is 0 Å². The monoisotopic (exact) mass is 352 g/mol. The molecule has 0 saturated carbocycles. The summed E-state index contributed by atoms with van der Waals surface area (Å²) < 4.78 is 1.73. The van der Waals surface area contributed by atoms with E-state index in [1.807, 2.05) is 18.2 Å². The standard InChI is InChI=1S/C8H3Br2ClN2S/c9-4-1-2-6(11)5(3-4)7-12-13-8(10)14-7/h1-3H. The summed E-state index contributed by atoms with van der Waals surface area (Å²) in [5, 5.41) is 9.37. The zero-order valence-corrected chi connectivity index (χ0v) is 11.4. The van der Waals surface area contributed by atoms with Gasteiger partial charge >= 0.3 is 0 Å². The van der Waals surface area contributed by atoms with Gasteiger partial charge in [0.15, 0.2) is 3.92 Å². The van der Waals surface area contributed by atoms with Crippen molar-refractivity contribution in [3.8, 4) is 10.6 Å². The summed E-state index contributed by atoms with van der Waals surface area (Å²) in [5.41, 5.74) is 0.893. The fraction of sp³-hybridized carbons (Fsp3) is 0. The summed E-state index contributed by atoms with van der Waals surface area (Å²) in [6.07, 6.45) is 0. The van der Waals surface area contributed by atoms with Gasteiger partial charge in [0.2, 0.25) is 0 Å². The SMILES string of the molecule is Clc1ccc(Br)cc1-c1nnc(Br)s1. The first-order valence-corrected chi connectivity index (χ1v) is 6.39. The minimum Gasteiger partial charge on any atom is -0.137 e. The van der Waals surface area contributed by atoms with E-state index in [0.29, 0.717) is 5.02 Å². The number of hydrogen-bond donors (Lipinski definition) is 0. The molecule has 0 aliphatic carbocycles. The summed E-state index contributed by atoms with van der Waals surface area (Å²) in [4.78, 5) is 0. The maximum atomic E-state index is 6.04. The van der Waals surface area contributed by atoms with E-state index >= 15 is 0 Å². The van der Waals surface area contributed by atoms with Crippen molar-refractivity contribution in [2.45, 2.75) is 0 Å². The highest BCUT2D eigenvalue weighted by atomic mass is 79.9. The molecule has 0 radical (unpaired) electrons. The Morgan fingerprint density at radius 3 is 2.64 bits per heavy atom. The molecule has 0 aliphatic rings. The number of nitrogens with zero attached hydrogens (tertiary/aromatic N) is 2. The molecule has 0 atom stereocenters. The maximum absolute atomic E-state index is 6.04. The van der Waals surface area contributed by atoms with Crippen LogP contribution in [0.5, 0.6) is 0 Å². The van der Waals surface area contributed by atoms with Crippen molar-refractivity contribution in [1.29, 1.82) is 0 Å². The van der Waals surface area contributed by atoms with Crippen molar-refractivity contribution >= 4 is 54.8 Å². The highest BCUT2D eigenvalue weighted by Gasteiger charge is 2.09. The Morgan fingerprint density at radius 2 is 2.00 bits per heavy atom. The predicted octanol–water partition coefficient (Wildman–Crippen LogP) is 4.38. The molecule has 0 bridgehead atoms. The molecule has 6 heteroatoms. The van der Waals surface area contributed by atoms with Crippen molar-refractivity contribution in [3.05, 3.63) is 31.6 Å². The van der Waals surface area contributed by atoms with Crippen LogP contribution < -0.4 is 0 Å². The molecule has 0 N–H and O–H groups in total. The highest BCUT2D eigenvalue weighted by molar-refractivity contribution is 9.11. The molecule has 0 aliphatic heterocycles. The van der Waals surface area contributed by atoms with Gasteiger partial charge in [-0.1, -0.05) is 38.9 Å². The first kappa shape index (κ1) is 10.5. The van der Waals surface area contributed by atoms with Crippen molar-refractivity contribution in [3.63, 3.8) is 0 Å². The molecule has 2 aromatic rings. The molecular formula is C8H3Br2ClN2S. The van der Waals surface area contributed by atoms with E-state index in [1.165, 1.54) is 11.3 Å². The van der Waals surface area contributed by atoms with E-state index < -0.39 is 0 Å². The zero-order valence-electron chi connectivity index (χ0n) is 6.67. The van der Waals surface area contributed by atoms with Crippen LogP contribution in [0.2, 0.25) is 5.02 Å². The molecule has 0 amide bonds. The lowest BCUT2D eigenvalue weighted by atomic mass is 10.2. The summed E-state index contributed by atoms with van der Waals surface area (Å²) in [7, 11) is 0. The van der Waals surface area contributed by atoms with E-state index in [0.717, 1.165) is 19.0 Å². The molecule has 1 aromatic carbocycles. The second-order valence-electron chi connectivity index (χ2n) is 2.48. The fourth-order valence-corrected chi connectivity index (χ4v) is 2.74. The lowest BCUT2D eigenvalue weighted by molar-refractivity contribution is 1.08. The molecule has 72 valence electrons. The van der Waals surface area contributed by atoms with Crippen LogP contribution in [0.25, 0.3) is 10.6 Å². The first-order valence-electron chi connectivity index (χ1n) is 3.61. The van der Waals surface area contributed by atoms with Gasteiger partial charge < -0.3 is 0 Å². The van der Waals surface area contributed by atoms with Crippen molar-refractivity contribution in [1.82, 2.24) is 10.2 Å². The molecule has 0 fully saturated rings. The van der Waals surface area contributed by atoms with Crippen LogP contribution in [0.15, 0.2) is 26.6 Å². The first-order chi connectivity index (χ1) is 6.66. The van der Waals surface area contributed by atoms with Crippen LogP contribution in [0.4, 0.5) is 0 Å². The van der Waals surface area contributed by atoms with Gasteiger partial charge in [-0.3, -0.25) is 0 Å². The van der Waals surface area contributed by atoms with Gasteiger partial charge in [-0.25, -0.2) is 0 Å². The normalized spacial score (nSPS) is 10.5. The minimum atomic E-state index is 0.678. The third kappa shape index (κ3) is 2.16. The number of aromatic nitrogens is 2. The minimum absolute atomic E-state index is 0.678. The molecule has 0 saturated heterocycles. The molecule has 1 heterocycles.